The summed E-state index contributed by atoms with van der Waals surface area (Å²) >= 11 is 6.48. The third kappa shape index (κ3) is 6.20. The van der Waals surface area contributed by atoms with Crippen molar-refractivity contribution in [3.05, 3.63) is 50.7 Å². The lowest BCUT2D eigenvalue weighted by Crippen LogP contribution is -2.34. The van der Waals surface area contributed by atoms with Gasteiger partial charge in [-0.3, -0.25) is 14.9 Å². The highest BCUT2D eigenvalue weighted by atomic mass is 35.5. The first-order valence-electron chi connectivity index (χ1n) is 11.8. The Morgan fingerprint density at radius 1 is 1.31 bits per heavy atom. The van der Waals surface area contributed by atoms with Crippen molar-refractivity contribution in [3.63, 3.8) is 0 Å². The molecular weight excluding hydrogens is 470 g/mol. The van der Waals surface area contributed by atoms with Crippen LogP contribution in [0.25, 0.3) is 0 Å². The standard InChI is InChI=1S/C25H30ClN5O4/c1-4-11-29(15-18-7-6-8-18)22-12-17(3)28-25(24(22)31(33)34)30(16-23(32)35-5-2)21-10-9-19(14-27)13-20(21)26/h9-10,12-13,18H,4-8,11,15-16H2,1-3H3. The molecule has 1 aromatic carbocycles. The second-order valence-electron chi connectivity index (χ2n) is 8.62. The number of pyridine rings is 1. The minimum atomic E-state index is -0.577. The number of carbonyl (C=O) groups is 1. The van der Waals surface area contributed by atoms with E-state index in [-0.39, 0.29) is 29.7 Å². The summed E-state index contributed by atoms with van der Waals surface area (Å²) < 4.78 is 5.14. The summed E-state index contributed by atoms with van der Waals surface area (Å²) in [5.74, 6) is -0.0620. The van der Waals surface area contributed by atoms with E-state index in [9.17, 15) is 20.2 Å². The van der Waals surface area contributed by atoms with Crippen LogP contribution in [0.2, 0.25) is 5.02 Å². The highest BCUT2D eigenvalue weighted by molar-refractivity contribution is 6.33. The summed E-state index contributed by atoms with van der Waals surface area (Å²) in [6.45, 7) is 6.72. The fourth-order valence-electron chi connectivity index (χ4n) is 4.21. The van der Waals surface area contributed by atoms with Gasteiger partial charge in [-0.2, -0.15) is 5.26 Å². The van der Waals surface area contributed by atoms with E-state index >= 15 is 0 Å². The van der Waals surface area contributed by atoms with E-state index in [1.54, 1.807) is 32.0 Å². The summed E-state index contributed by atoms with van der Waals surface area (Å²) in [6, 6.07) is 8.31. The molecule has 1 aromatic heterocycles. The molecule has 0 amide bonds. The largest absolute Gasteiger partial charge is 0.465 e. The van der Waals surface area contributed by atoms with Gasteiger partial charge in [0.25, 0.3) is 0 Å². The molecule has 10 heteroatoms. The first-order chi connectivity index (χ1) is 16.8. The minimum absolute atomic E-state index is 0.0133. The van der Waals surface area contributed by atoms with Crippen molar-refractivity contribution in [1.82, 2.24) is 4.98 Å². The van der Waals surface area contributed by atoms with E-state index in [1.807, 2.05) is 13.0 Å². The van der Waals surface area contributed by atoms with Gasteiger partial charge in [-0.25, -0.2) is 4.98 Å². The molecule has 9 nitrogen and oxygen atoms in total. The first-order valence-corrected chi connectivity index (χ1v) is 12.2. The van der Waals surface area contributed by atoms with Gasteiger partial charge < -0.3 is 14.5 Å². The van der Waals surface area contributed by atoms with Crippen molar-refractivity contribution in [3.8, 4) is 6.07 Å². The number of nitriles is 1. The van der Waals surface area contributed by atoms with Crippen LogP contribution in [0.1, 0.15) is 50.8 Å². The van der Waals surface area contributed by atoms with Gasteiger partial charge >= 0.3 is 11.7 Å². The number of anilines is 3. The van der Waals surface area contributed by atoms with E-state index in [4.69, 9.17) is 16.3 Å². The average molecular weight is 500 g/mol. The Bertz CT molecular complexity index is 1130. The molecular formula is C25H30ClN5O4. The van der Waals surface area contributed by atoms with E-state index in [2.05, 4.69) is 9.88 Å². The number of nitro groups is 1. The van der Waals surface area contributed by atoms with Gasteiger partial charge in [-0.05, 0) is 63.3 Å². The molecule has 0 aliphatic heterocycles. The maximum atomic E-state index is 12.5. The fraction of sp³-hybridized carbons (Fsp3) is 0.480. The normalized spacial score (nSPS) is 13.0. The van der Waals surface area contributed by atoms with Crippen molar-refractivity contribution >= 4 is 40.5 Å². The zero-order valence-electron chi connectivity index (χ0n) is 20.3. The van der Waals surface area contributed by atoms with Crippen LogP contribution < -0.4 is 9.80 Å². The van der Waals surface area contributed by atoms with Crippen molar-refractivity contribution < 1.29 is 14.5 Å². The summed E-state index contributed by atoms with van der Waals surface area (Å²) in [4.78, 5) is 32.6. The Hall–Kier alpha value is -3.38. The van der Waals surface area contributed by atoms with Crippen molar-refractivity contribution in [2.45, 2.75) is 46.5 Å². The van der Waals surface area contributed by atoms with Gasteiger partial charge in [-0.1, -0.05) is 24.9 Å². The van der Waals surface area contributed by atoms with Crippen LogP contribution in [-0.4, -0.2) is 42.1 Å². The molecule has 35 heavy (non-hydrogen) atoms. The second-order valence-corrected chi connectivity index (χ2v) is 9.03. The van der Waals surface area contributed by atoms with Gasteiger partial charge in [0, 0.05) is 18.8 Å². The lowest BCUT2D eigenvalue weighted by atomic mass is 9.85. The fourth-order valence-corrected chi connectivity index (χ4v) is 4.49. The third-order valence-electron chi connectivity index (χ3n) is 6.02. The van der Waals surface area contributed by atoms with Crippen LogP contribution in [-0.2, 0) is 9.53 Å². The Balaban J connectivity index is 2.20. The van der Waals surface area contributed by atoms with E-state index in [0.717, 1.165) is 25.8 Å². The smallest absolute Gasteiger partial charge is 0.335 e. The molecule has 1 aliphatic rings. The predicted octanol–water partition coefficient (Wildman–Crippen LogP) is 5.54. The van der Waals surface area contributed by atoms with Gasteiger partial charge in [0.15, 0.2) is 0 Å². The van der Waals surface area contributed by atoms with Crippen molar-refractivity contribution in [2.75, 3.05) is 36.0 Å². The van der Waals surface area contributed by atoms with Crippen LogP contribution in [0.4, 0.5) is 22.9 Å². The van der Waals surface area contributed by atoms with Crippen LogP contribution in [0.5, 0.6) is 0 Å². The lowest BCUT2D eigenvalue weighted by Gasteiger charge is -2.34. The lowest BCUT2D eigenvalue weighted by molar-refractivity contribution is -0.383. The van der Waals surface area contributed by atoms with Crippen LogP contribution in [0, 0.1) is 34.3 Å². The summed E-state index contributed by atoms with van der Waals surface area (Å²) in [7, 11) is 0. The second kappa shape index (κ2) is 11.8. The maximum absolute atomic E-state index is 12.5. The number of hydrogen-bond donors (Lipinski definition) is 0. The number of hydrogen-bond acceptors (Lipinski definition) is 8. The SMILES string of the molecule is CCCN(CC1CCC1)c1cc(C)nc(N(CC(=O)OCC)c2ccc(C#N)cc2Cl)c1[N+](=O)[O-]. The maximum Gasteiger partial charge on any atom is 0.335 e. The molecule has 2 aromatic rings. The number of halogens is 1. The van der Waals surface area contributed by atoms with Crippen molar-refractivity contribution in [2.24, 2.45) is 5.92 Å². The molecule has 1 fully saturated rings. The average Bonchev–Trinajstić information content (AvgIpc) is 2.78. The molecule has 0 atom stereocenters. The molecule has 0 N–H and O–H groups in total. The Morgan fingerprint density at radius 3 is 2.60 bits per heavy atom. The van der Waals surface area contributed by atoms with Crippen molar-refractivity contribution in [1.29, 1.82) is 5.26 Å². The molecule has 0 saturated heterocycles. The summed E-state index contributed by atoms with van der Waals surface area (Å²) in [5, 5.41) is 21.9. The van der Waals surface area contributed by atoms with Gasteiger partial charge in [0.1, 0.15) is 12.2 Å². The molecule has 0 radical (unpaired) electrons. The number of ether oxygens (including phenoxy) is 1. The molecule has 3 rings (SSSR count). The monoisotopic (exact) mass is 499 g/mol. The predicted molar refractivity (Wildman–Crippen MR) is 135 cm³/mol. The van der Waals surface area contributed by atoms with E-state index < -0.39 is 10.9 Å². The summed E-state index contributed by atoms with van der Waals surface area (Å²) in [5.41, 5.74) is 1.52. The summed E-state index contributed by atoms with van der Waals surface area (Å²) in [6.07, 6.45) is 4.23. The highest BCUT2D eigenvalue weighted by Crippen LogP contribution is 2.42. The van der Waals surface area contributed by atoms with Gasteiger partial charge in [0.05, 0.1) is 33.9 Å². The highest BCUT2D eigenvalue weighted by Gasteiger charge is 2.33. The number of nitrogens with zero attached hydrogens (tertiary/aromatic N) is 5. The molecule has 186 valence electrons. The Labute approximate surface area is 210 Å². The Morgan fingerprint density at radius 2 is 2.06 bits per heavy atom. The third-order valence-corrected chi connectivity index (χ3v) is 6.32. The molecule has 0 bridgehead atoms. The van der Waals surface area contributed by atoms with Gasteiger partial charge in [0.2, 0.25) is 5.82 Å². The number of esters is 1. The number of rotatable bonds is 11. The molecule has 1 heterocycles. The number of carbonyl (C=O) groups excluding carboxylic acids is 1. The van der Waals surface area contributed by atoms with E-state index in [1.165, 1.54) is 17.4 Å². The molecule has 1 aliphatic carbocycles. The van der Waals surface area contributed by atoms with Gasteiger partial charge in [-0.15, -0.1) is 0 Å². The topological polar surface area (TPSA) is 113 Å². The van der Waals surface area contributed by atoms with Crippen LogP contribution >= 0.6 is 11.6 Å². The number of aryl methyl sites for hydroxylation is 1. The van der Waals surface area contributed by atoms with Crippen LogP contribution in [0.15, 0.2) is 24.3 Å². The first kappa shape index (κ1) is 26.2. The van der Waals surface area contributed by atoms with Crippen LogP contribution in [0.3, 0.4) is 0 Å². The number of aromatic nitrogens is 1. The Kier molecular flexibility index (Phi) is 8.88. The van der Waals surface area contributed by atoms with E-state index in [0.29, 0.717) is 35.1 Å². The molecule has 1 saturated carbocycles. The quantitative estimate of drug-likeness (QED) is 0.225. The molecule has 0 unspecified atom stereocenters. The zero-order chi connectivity index (χ0) is 25.5. The molecule has 0 spiro atoms. The number of benzene rings is 1. The zero-order valence-corrected chi connectivity index (χ0v) is 21.0. The minimum Gasteiger partial charge on any atom is -0.465 e.